The highest BCUT2D eigenvalue weighted by Crippen LogP contribution is 2.23. The third-order valence-electron chi connectivity index (χ3n) is 4.69. The summed E-state index contributed by atoms with van der Waals surface area (Å²) in [6.07, 6.45) is 1.90. The van der Waals surface area contributed by atoms with Gasteiger partial charge in [0.25, 0.3) is 0 Å². The van der Waals surface area contributed by atoms with Crippen LogP contribution in [0.5, 0.6) is 0 Å². The van der Waals surface area contributed by atoms with Gasteiger partial charge < -0.3 is 5.32 Å². The molecule has 0 saturated heterocycles. The van der Waals surface area contributed by atoms with Crippen LogP contribution in [0.1, 0.15) is 42.5 Å². The first kappa shape index (κ1) is 20.1. The van der Waals surface area contributed by atoms with Crippen LogP contribution >= 0.6 is 11.8 Å². The van der Waals surface area contributed by atoms with Crippen LogP contribution in [0.3, 0.4) is 0 Å². The van der Waals surface area contributed by atoms with Crippen LogP contribution < -0.4 is 5.32 Å². The van der Waals surface area contributed by atoms with Crippen LogP contribution in [0.25, 0.3) is 5.69 Å². The van der Waals surface area contributed by atoms with Gasteiger partial charge in [0.05, 0.1) is 17.5 Å². The molecule has 3 aromatic rings. The van der Waals surface area contributed by atoms with Crippen LogP contribution in [0.15, 0.2) is 53.7 Å². The van der Waals surface area contributed by atoms with Crippen molar-refractivity contribution in [1.82, 2.24) is 25.5 Å². The topological polar surface area (TPSA) is 72.7 Å². The Kier molecular flexibility index (Phi) is 6.81. The maximum atomic E-state index is 12.6. The molecule has 1 amide bonds. The molecule has 0 bridgehead atoms. The van der Waals surface area contributed by atoms with E-state index in [0.29, 0.717) is 5.16 Å². The molecule has 28 heavy (non-hydrogen) atoms. The lowest BCUT2D eigenvalue weighted by molar-refractivity contribution is -0.119. The minimum Gasteiger partial charge on any atom is -0.349 e. The second kappa shape index (κ2) is 9.50. The van der Waals surface area contributed by atoms with Gasteiger partial charge in [-0.15, -0.1) is 5.10 Å². The van der Waals surface area contributed by atoms with Gasteiger partial charge in [-0.1, -0.05) is 67.6 Å². The predicted molar refractivity (Wildman–Crippen MR) is 112 cm³/mol. The molecular weight excluding hydrogens is 370 g/mol. The fraction of sp³-hybridized carbons (Fsp3) is 0.333. The van der Waals surface area contributed by atoms with Crippen molar-refractivity contribution in [2.24, 2.45) is 0 Å². The number of benzene rings is 2. The highest BCUT2D eigenvalue weighted by atomic mass is 32.2. The third-order valence-corrected chi connectivity index (χ3v) is 5.61. The van der Waals surface area contributed by atoms with E-state index < -0.39 is 0 Å². The largest absolute Gasteiger partial charge is 0.349 e. The normalized spacial score (nSPS) is 12.0. The van der Waals surface area contributed by atoms with Gasteiger partial charge in [0.2, 0.25) is 11.1 Å². The van der Waals surface area contributed by atoms with Crippen LogP contribution in [0, 0.1) is 13.8 Å². The van der Waals surface area contributed by atoms with Crippen molar-refractivity contribution in [3.8, 4) is 5.69 Å². The SMILES string of the molecule is CCC[C@@H](NC(=O)CSc1nnnn1-c1cccc(C)c1C)c1ccccc1. The Morgan fingerprint density at radius 2 is 1.93 bits per heavy atom. The van der Waals surface area contributed by atoms with Crippen molar-refractivity contribution in [2.75, 3.05) is 5.75 Å². The Morgan fingerprint density at radius 3 is 2.68 bits per heavy atom. The first-order chi connectivity index (χ1) is 13.6. The van der Waals surface area contributed by atoms with E-state index in [-0.39, 0.29) is 17.7 Å². The van der Waals surface area contributed by atoms with E-state index in [1.165, 1.54) is 17.3 Å². The molecule has 1 atom stereocenters. The number of rotatable bonds is 8. The molecule has 146 valence electrons. The number of nitrogens with one attached hydrogen (secondary N) is 1. The first-order valence-electron chi connectivity index (χ1n) is 9.42. The van der Waals surface area contributed by atoms with Crippen molar-refractivity contribution in [3.63, 3.8) is 0 Å². The Balaban J connectivity index is 1.67. The Hall–Kier alpha value is -2.67. The van der Waals surface area contributed by atoms with Crippen LogP contribution in [-0.2, 0) is 4.79 Å². The Morgan fingerprint density at radius 1 is 1.14 bits per heavy atom. The van der Waals surface area contributed by atoms with Gasteiger partial charge in [-0.3, -0.25) is 4.79 Å². The number of hydrogen-bond donors (Lipinski definition) is 1. The van der Waals surface area contributed by atoms with Crippen LogP contribution in [0.4, 0.5) is 0 Å². The quantitative estimate of drug-likeness (QED) is 0.583. The molecule has 0 spiro atoms. The van der Waals surface area contributed by atoms with Gasteiger partial charge in [-0.2, -0.15) is 4.68 Å². The molecule has 1 aromatic heterocycles. The molecule has 6 nitrogen and oxygen atoms in total. The average Bonchev–Trinajstić information content (AvgIpc) is 3.17. The Bertz CT molecular complexity index is 926. The van der Waals surface area contributed by atoms with Gasteiger partial charge in [-0.25, -0.2) is 0 Å². The van der Waals surface area contributed by atoms with E-state index in [1.54, 1.807) is 4.68 Å². The van der Waals surface area contributed by atoms with Crippen molar-refractivity contribution >= 4 is 17.7 Å². The predicted octanol–water partition coefficient (Wildman–Crippen LogP) is 4.03. The molecule has 7 heteroatoms. The van der Waals surface area contributed by atoms with Crippen molar-refractivity contribution in [3.05, 3.63) is 65.2 Å². The van der Waals surface area contributed by atoms with E-state index in [4.69, 9.17) is 0 Å². The molecule has 0 aliphatic rings. The van der Waals surface area contributed by atoms with E-state index in [9.17, 15) is 4.79 Å². The molecule has 1 N–H and O–H groups in total. The molecule has 3 rings (SSSR count). The fourth-order valence-corrected chi connectivity index (χ4v) is 3.74. The summed E-state index contributed by atoms with van der Waals surface area (Å²) in [6.45, 7) is 6.22. The maximum Gasteiger partial charge on any atom is 0.230 e. The summed E-state index contributed by atoms with van der Waals surface area (Å²) in [4.78, 5) is 12.6. The number of hydrogen-bond acceptors (Lipinski definition) is 5. The maximum absolute atomic E-state index is 12.6. The summed E-state index contributed by atoms with van der Waals surface area (Å²) >= 11 is 1.34. The monoisotopic (exact) mass is 395 g/mol. The summed E-state index contributed by atoms with van der Waals surface area (Å²) in [5.41, 5.74) is 4.35. The van der Waals surface area contributed by atoms with E-state index in [1.807, 2.05) is 37.3 Å². The van der Waals surface area contributed by atoms with E-state index in [0.717, 1.165) is 29.7 Å². The second-order valence-corrected chi connectivity index (χ2v) is 7.64. The summed E-state index contributed by atoms with van der Waals surface area (Å²) in [5.74, 6) is 0.237. The summed E-state index contributed by atoms with van der Waals surface area (Å²) in [5, 5.41) is 15.7. The number of aryl methyl sites for hydroxylation is 1. The molecule has 0 aliphatic heterocycles. The molecule has 0 radical (unpaired) electrons. The standard InChI is InChI=1S/C21H25N5OS/c1-4-9-18(17-11-6-5-7-12-17)22-20(27)14-28-21-23-24-25-26(21)19-13-8-10-15(2)16(19)3/h5-8,10-13,18H,4,9,14H2,1-3H3,(H,22,27)/t18-/m1/s1. The Labute approximate surface area is 169 Å². The van der Waals surface area contributed by atoms with Gasteiger partial charge in [0, 0.05) is 0 Å². The minimum absolute atomic E-state index is 0.0225. The molecule has 1 heterocycles. The lowest BCUT2D eigenvalue weighted by atomic mass is 10.0. The van der Waals surface area contributed by atoms with Gasteiger partial charge in [0.15, 0.2) is 0 Å². The zero-order chi connectivity index (χ0) is 19.9. The number of nitrogens with zero attached hydrogens (tertiary/aromatic N) is 4. The van der Waals surface area contributed by atoms with E-state index in [2.05, 4.69) is 52.9 Å². The van der Waals surface area contributed by atoms with Crippen molar-refractivity contribution < 1.29 is 4.79 Å². The number of carbonyl (C=O) groups excluding carboxylic acids is 1. The van der Waals surface area contributed by atoms with Crippen LogP contribution in [0.2, 0.25) is 0 Å². The van der Waals surface area contributed by atoms with Gasteiger partial charge in [-0.05, 0) is 53.5 Å². The zero-order valence-corrected chi connectivity index (χ0v) is 17.2. The number of tetrazole rings is 1. The number of aromatic nitrogens is 4. The summed E-state index contributed by atoms with van der Waals surface area (Å²) in [7, 11) is 0. The average molecular weight is 396 g/mol. The number of carbonyl (C=O) groups is 1. The molecule has 0 fully saturated rings. The molecule has 2 aromatic carbocycles. The molecule has 0 aliphatic carbocycles. The van der Waals surface area contributed by atoms with Crippen molar-refractivity contribution in [2.45, 2.75) is 44.8 Å². The first-order valence-corrected chi connectivity index (χ1v) is 10.4. The molecule has 0 unspecified atom stereocenters. The number of thioether (sulfide) groups is 1. The second-order valence-electron chi connectivity index (χ2n) is 6.70. The number of amides is 1. The fourth-order valence-electron chi connectivity index (χ4n) is 3.05. The smallest absolute Gasteiger partial charge is 0.230 e. The zero-order valence-electron chi connectivity index (χ0n) is 16.4. The lowest BCUT2D eigenvalue weighted by Gasteiger charge is -2.18. The highest BCUT2D eigenvalue weighted by molar-refractivity contribution is 7.99. The minimum atomic E-state index is -0.0252. The molecular formula is C21H25N5OS. The molecule has 0 saturated carbocycles. The van der Waals surface area contributed by atoms with Crippen LogP contribution in [-0.4, -0.2) is 31.9 Å². The van der Waals surface area contributed by atoms with Gasteiger partial charge >= 0.3 is 0 Å². The lowest BCUT2D eigenvalue weighted by Crippen LogP contribution is -2.30. The van der Waals surface area contributed by atoms with E-state index >= 15 is 0 Å². The third kappa shape index (κ3) is 4.78. The van der Waals surface area contributed by atoms with Crippen molar-refractivity contribution in [1.29, 1.82) is 0 Å². The summed E-state index contributed by atoms with van der Waals surface area (Å²) < 4.78 is 1.70. The highest BCUT2D eigenvalue weighted by Gasteiger charge is 2.17. The summed E-state index contributed by atoms with van der Waals surface area (Å²) in [6, 6.07) is 16.1. The van der Waals surface area contributed by atoms with Gasteiger partial charge in [0.1, 0.15) is 0 Å².